The molecule has 0 aromatic heterocycles. The average Bonchev–Trinajstić information content (AvgIpc) is 3.09. The van der Waals surface area contributed by atoms with Crippen LogP contribution in [0.3, 0.4) is 0 Å². The molecule has 0 saturated carbocycles. The SMILES string of the molecule is CCN(CC)C(=O)N[C@H]1C[C@@H]2c3c([N+](=O)[O-])ccc4c3C(C[C@H]2N(C)C1)CN4C(C)=O. The fourth-order valence-corrected chi connectivity index (χ4v) is 5.88. The number of urea groups is 1. The average molecular weight is 430 g/mol. The summed E-state index contributed by atoms with van der Waals surface area (Å²) in [5.74, 6) is 0.0183. The fourth-order valence-electron chi connectivity index (χ4n) is 5.88. The third-order valence-corrected chi connectivity index (χ3v) is 7.27. The smallest absolute Gasteiger partial charge is 0.317 e. The van der Waals surface area contributed by atoms with Crippen molar-refractivity contribution in [1.82, 2.24) is 15.1 Å². The van der Waals surface area contributed by atoms with Gasteiger partial charge in [0, 0.05) is 74.3 Å². The van der Waals surface area contributed by atoms with E-state index in [9.17, 15) is 19.7 Å². The van der Waals surface area contributed by atoms with E-state index in [0.29, 0.717) is 32.6 Å². The number of nitrogens with one attached hydrogen (secondary N) is 1. The van der Waals surface area contributed by atoms with Gasteiger partial charge in [-0.05, 0) is 45.4 Å². The number of anilines is 1. The number of hydrogen-bond donors (Lipinski definition) is 1. The number of rotatable bonds is 4. The first-order valence-corrected chi connectivity index (χ1v) is 11.1. The van der Waals surface area contributed by atoms with E-state index in [1.54, 1.807) is 28.9 Å². The molecule has 4 atom stereocenters. The molecule has 1 fully saturated rings. The maximum Gasteiger partial charge on any atom is 0.317 e. The van der Waals surface area contributed by atoms with Crippen molar-refractivity contribution < 1.29 is 14.5 Å². The number of carbonyl (C=O) groups is 2. The number of amides is 3. The minimum absolute atomic E-state index is 0.0360. The Morgan fingerprint density at radius 1 is 1.19 bits per heavy atom. The first-order valence-electron chi connectivity index (χ1n) is 11.1. The Bertz CT molecular complexity index is 915. The quantitative estimate of drug-likeness (QED) is 0.586. The highest BCUT2D eigenvalue weighted by Gasteiger charge is 2.49. The van der Waals surface area contributed by atoms with Crippen molar-refractivity contribution in [2.24, 2.45) is 0 Å². The summed E-state index contributed by atoms with van der Waals surface area (Å²) < 4.78 is 0. The van der Waals surface area contributed by atoms with Crippen molar-refractivity contribution in [3.8, 4) is 0 Å². The maximum atomic E-state index is 12.6. The Morgan fingerprint density at radius 2 is 1.90 bits per heavy atom. The van der Waals surface area contributed by atoms with Crippen LogP contribution >= 0.6 is 0 Å². The molecule has 1 saturated heterocycles. The Morgan fingerprint density at radius 3 is 2.52 bits per heavy atom. The largest absolute Gasteiger partial charge is 0.334 e. The predicted molar refractivity (Wildman–Crippen MR) is 117 cm³/mol. The van der Waals surface area contributed by atoms with Crippen molar-refractivity contribution in [1.29, 1.82) is 0 Å². The van der Waals surface area contributed by atoms with Crippen LogP contribution in [0.15, 0.2) is 12.1 Å². The van der Waals surface area contributed by atoms with Crippen LogP contribution in [-0.2, 0) is 4.79 Å². The Labute approximate surface area is 182 Å². The second-order valence-electron chi connectivity index (χ2n) is 8.92. The van der Waals surface area contributed by atoms with Gasteiger partial charge in [0.15, 0.2) is 0 Å². The van der Waals surface area contributed by atoms with Crippen molar-refractivity contribution >= 4 is 23.3 Å². The topological polar surface area (TPSA) is 99.0 Å². The van der Waals surface area contributed by atoms with Crippen LogP contribution < -0.4 is 10.2 Å². The van der Waals surface area contributed by atoms with Gasteiger partial charge in [-0.3, -0.25) is 14.9 Å². The first kappa shape index (κ1) is 21.5. The van der Waals surface area contributed by atoms with E-state index in [2.05, 4.69) is 10.2 Å². The van der Waals surface area contributed by atoms with Crippen LogP contribution in [0.4, 0.5) is 16.2 Å². The van der Waals surface area contributed by atoms with E-state index in [0.717, 1.165) is 23.2 Å². The van der Waals surface area contributed by atoms with Crippen molar-refractivity contribution in [3.05, 3.63) is 33.4 Å². The van der Waals surface area contributed by atoms with Gasteiger partial charge in [-0.15, -0.1) is 0 Å². The number of nitrogens with zero attached hydrogens (tertiary/aromatic N) is 4. The Balaban J connectivity index is 1.72. The van der Waals surface area contributed by atoms with E-state index < -0.39 is 0 Å². The van der Waals surface area contributed by atoms with Gasteiger partial charge in [-0.25, -0.2) is 4.79 Å². The van der Waals surface area contributed by atoms with E-state index in [4.69, 9.17) is 0 Å². The molecule has 31 heavy (non-hydrogen) atoms. The van der Waals surface area contributed by atoms with Gasteiger partial charge >= 0.3 is 6.03 Å². The maximum absolute atomic E-state index is 12.6. The molecule has 2 aliphatic heterocycles. The van der Waals surface area contributed by atoms with Gasteiger partial charge in [0.05, 0.1) is 4.92 Å². The predicted octanol–water partition coefficient (Wildman–Crippen LogP) is 2.66. The van der Waals surface area contributed by atoms with Crippen LogP contribution in [0.25, 0.3) is 0 Å². The molecule has 1 unspecified atom stereocenters. The number of piperidine rings is 1. The number of likely N-dealkylation sites (tertiary alicyclic amines) is 1. The van der Waals surface area contributed by atoms with Crippen molar-refractivity contribution in [2.75, 3.05) is 38.1 Å². The highest BCUT2D eigenvalue weighted by Crippen LogP contribution is 2.54. The molecule has 1 aromatic rings. The van der Waals surface area contributed by atoms with Crippen LogP contribution in [0.2, 0.25) is 0 Å². The molecule has 0 bridgehead atoms. The lowest BCUT2D eigenvalue weighted by Crippen LogP contribution is -2.56. The summed E-state index contributed by atoms with van der Waals surface area (Å²) in [5.41, 5.74) is 2.68. The van der Waals surface area contributed by atoms with Gasteiger partial charge < -0.3 is 20.0 Å². The van der Waals surface area contributed by atoms with Gasteiger partial charge in [0.25, 0.3) is 5.69 Å². The molecular weight excluding hydrogens is 398 g/mol. The summed E-state index contributed by atoms with van der Waals surface area (Å²) in [6.07, 6.45) is 1.52. The molecule has 4 rings (SSSR count). The van der Waals surface area contributed by atoms with Crippen molar-refractivity contribution in [3.63, 3.8) is 0 Å². The Hall–Kier alpha value is -2.68. The van der Waals surface area contributed by atoms with E-state index in [1.807, 2.05) is 20.9 Å². The zero-order valence-electron chi connectivity index (χ0n) is 18.6. The van der Waals surface area contributed by atoms with Crippen LogP contribution in [-0.4, -0.2) is 72.0 Å². The molecule has 168 valence electrons. The lowest BCUT2D eigenvalue weighted by molar-refractivity contribution is -0.386. The zero-order chi connectivity index (χ0) is 22.4. The van der Waals surface area contributed by atoms with Gasteiger partial charge in [-0.1, -0.05) is 0 Å². The summed E-state index contributed by atoms with van der Waals surface area (Å²) in [5, 5.41) is 15.1. The van der Waals surface area contributed by atoms with Gasteiger partial charge in [0.2, 0.25) is 5.91 Å². The number of likely N-dealkylation sites (N-methyl/N-ethyl adjacent to an activating group) is 1. The van der Waals surface area contributed by atoms with Crippen LogP contribution in [0.5, 0.6) is 0 Å². The normalized spacial score (nSPS) is 26.8. The molecule has 3 aliphatic rings. The van der Waals surface area contributed by atoms with Crippen LogP contribution in [0, 0.1) is 10.1 Å². The molecule has 9 nitrogen and oxygen atoms in total. The standard InChI is InChI=1S/C22H31N5O4/c1-5-25(6-2)22(29)23-15-10-16-19(24(4)12-15)9-14-11-26(13(3)28)17-7-8-18(27(30)31)21(16)20(14)17/h7-8,14-16,19H,5-6,9-12H2,1-4H3,(H,23,29)/t14?,15-,16-,19+/m0/s1. The number of nitro groups is 1. The minimum Gasteiger partial charge on any atom is -0.334 e. The van der Waals surface area contributed by atoms with E-state index >= 15 is 0 Å². The highest BCUT2D eigenvalue weighted by atomic mass is 16.6. The summed E-state index contributed by atoms with van der Waals surface area (Å²) in [4.78, 5) is 42.2. The third kappa shape index (κ3) is 3.54. The summed E-state index contributed by atoms with van der Waals surface area (Å²) >= 11 is 0. The Kier molecular flexibility index (Phi) is 5.63. The zero-order valence-corrected chi connectivity index (χ0v) is 18.6. The molecule has 1 aromatic carbocycles. The molecule has 9 heteroatoms. The number of fused-ring (bicyclic) bond motifs is 2. The monoisotopic (exact) mass is 429 g/mol. The van der Waals surface area contributed by atoms with Crippen LogP contribution in [0.1, 0.15) is 56.6 Å². The third-order valence-electron chi connectivity index (χ3n) is 7.27. The number of nitro benzene ring substituents is 1. The summed E-state index contributed by atoms with van der Waals surface area (Å²) in [6.45, 7) is 8.01. The highest BCUT2D eigenvalue weighted by molar-refractivity contribution is 5.95. The molecular formula is C22H31N5O4. The fraction of sp³-hybridized carbons (Fsp3) is 0.636. The number of hydrogen-bond acceptors (Lipinski definition) is 5. The van der Waals surface area contributed by atoms with E-state index in [1.165, 1.54) is 0 Å². The van der Waals surface area contributed by atoms with Gasteiger partial charge in [-0.2, -0.15) is 0 Å². The second-order valence-corrected chi connectivity index (χ2v) is 8.92. The molecule has 1 N–H and O–H groups in total. The molecule has 0 spiro atoms. The minimum atomic E-state index is -0.302. The second kappa shape index (κ2) is 8.11. The number of benzene rings is 1. The molecule has 0 radical (unpaired) electrons. The summed E-state index contributed by atoms with van der Waals surface area (Å²) in [7, 11) is 2.03. The molecule has 2 heterocycles. The van der Waals surface area contributed by atoms with Crippen molar-refractivity contribution in [2.45, 2.75) is 57.5 Å². The van der Waals surface area contributed by atoms with E-state index in [-0.39, 0.29) is 46.5 Å². The lowest BCUT2D eigenvalue weighted by Gasteiger charge is -2.47. The molecule has 1 aliphatic carbocycles. The van der Waals surface area contributed by atoms with Gasteiger partial charge in [0.1, 0.15) is 0 Å². The molecule has 3 amide bonds. The first-order chi connectivity index (χ1) is 14.8. The summed E-state index contributed by atoms with van der Waals surface area (Å²) in [6, 6.07) is 3.25. The number of carbonyl (C=O) groups excluding carboxylic acids is 2. The lowest BCUT2D eigenvalue weighted by atomic mass is 9.69.